The van der Waals surface area contributed by atoms with E-state index in [1.165, 1.54) is 0 Å². The molecule has 0 aliphatic carbocycles. The van der Waals surface area contributed by atoms with Crippen LogP contribution in [0.1, 0.15) is 18.4 Å². The third kappa shape index (κ3) is 3.45. The maximum atomic E-state index is 12.2. The van der Waals surface area contributed by atoms with E-state index >= 15 is 0 Å². The second-order valence-corrected chi connectivity index (χ2v) is 8.80. The molecule has 0 N–H and O–H groups in total. The Morgan fingerprint density at radius 1 is 1.15 bits per heavy atom. The average Bonchev–Trinajstić information content (AvgIpc) is 2.93. The van der Waals surface area contributed by atoms with Gasteiger partial charge in [0.05, 0.1) is 11.1 Å². The smallest absolute Gasteiger partial charge is 0.316 e. The van der Waals surface area contributed by atoms with Gasteiger partial charge in [-0.3, -0.25) is 0 Å². The normalized spacial score (nSPS) is 19.1. The number of sulfonamides is 1. The van der Waals surface area contributed by atoms with Crippen LogP contribution in [0.2, 0.25) is 0 Å². The molecule has 1 saturated heterocycles. The van der Waals surface area contributed by atoms with E-state index in [-0.39, 0.29) is 0 Å². The van der Waals surface area contributed by atoms with Gasteiger partial charge < -0.3 is 9.64 Å². The third-order valence-corrected chi connectivity index (χ3v) is 6.31. The summed E-state index contributed by atoms with van der Waals surface area (Å²) in [4.78, 5) is 10.6. The minimum absolute atomic E-state index is 0.299. The minimum atomic E-state index is -3.57. The fourth-order valence-corrected chi connectivity index (χ4v) is 4.63. The predicted molar refractivity (Wildman–Crippen MR) is 99.7 cm³/mol. The van der Waals surface area contributed by atoms with Crippen LogP contribution in [-0.4, -0.2) is 48.8 Å². The lowest BCUT2D eigenvalue weighted by Gasteiger charge is -2.33. The molecular weight excluding hydrogens is 420 g/mol. The fraction of sp³-hybridized carbons (Fsp3) is 0.353. The molecule has 0 radical (unpaired) electrons. The van der Waals surface area contributed by atoms with Crippen molar-refractivity contribution in [3.63, 3.8) is 0 Å². The number of piperidine rings is 1. The van der Waals surface area contributed by atoms with E-state index in [1.54, 1.807) is 24.5 Å². The van der Waals surface area contributed by atoms with Gasteiger partial charge in [0.2, 0.25) is 0 Å². The molecule has 26 heavy (non-hydrogen) atoms. The van der Waals surface area contributed by atoms with Crippen molar-refractivity contribution < 1.29 is 13.2 Å². The van der Waals surface area contributed by atoms with Gasteiger partial charge in [0.1, 0.15) is 4.90 Å². The third-order valence-electron chi connectivity index (χ3n) is 4.57. The van der Waals surface area contributed by atoms with Crippen LogP contribution in [0.4, 0.5) is 0 Å². The summed E-state index contributed by atoms with van der Waals surface area (Å²) in [5.74, 6) is 0.948. The second kappa shape index (κ2) is 6.96. The van der Waals surface area contributed by atoms with Crippen molar-refractivity contribution in [2.45, 2.75) is 17.7 Å². The summed E-state index contributed by atoms with van der Waals surface area (Å²) in [6, 6.07) is 7.37. The summed E-state index contributed by atoms with van der Waals surface area (Å²) >= 11 is 3.29. The maximum absolute atomic E-state index is 12.2. The largest absolute Gasteiger partial charge is 0.463 e. The molecule has 9 heteroatoms. The van der Waals surface area contributed by atoms with Gasteiger partial charge in [0.25, 0.3) is 10.0 Å². The molecule has 0 unspecified atom stereocenters. The average molecular weight is 437 g/mol. The summed E-state index contributed by atoms with van der Waals surface area (Å²) in [5, 5.41) is 0. The number of benzene rings is 1. The highest BCUT2D eigenvalue weighted by atomic mass is 79.9. The number of fused-ring (bicyclic) bond motifs is 1. The Hall–Kier alpha value is -2.00. The highest BCUT2D eigenvalue weighted by Crippen LogP contribution is 2.29. The molecular formula is C17H17BrN4O3S. The molecule has 0 spiro atoms. The van der Waals surface area contributed by atoms with E-state index in [0.717, 1.165) is 30.4 Å². The van der Waals surface area contributed by atoms with Crippen LogP contribution < -0.4 is 4.74 Å². The van der Waals surface area contributed by atoms with Crippen molar-refractivity contribution >= 4 is 31.8 Å². The summed E-state index contributed by atoms with van der Waals surface area (Å²) in [6.45, 7) is 2.05. The van der Waals surface area contributed by atoms with Crippen molar-refractivity contribution in [1.82, 2.24) is 14.9 Å². The van der Waals surface area contributed by atoms with E-state index < -0.39 is 10.0 Å². The lowest BCUT2D eigenvalue weighted by Crippen LogP contribution is -2.39. The predicted octanol–water partition coefficient (Wildman–Crippen LogP) is 2.48. The van der Waals surface area contributed by atoms with Crippen LogP contribution in [0.3, 0.4) is 0 Å². The summed E-state index contributed by atoms with van der Waals surface area (Å²) in [7, 11) is -3.57. The second-order valence-electron chi connectivity index (χ2n) is 6.31. The fourth-order valence-electron chi connectivity index (χ4n) is 3.20. The Labute approximate surface area is 160 Å². The van der Waals surface area contributed by atoms with Crippen LogP contribution in [0, 0.1) is 5.92 Å². The van der Waals surface area contributed by atoms with Gasteiger partial charge in [-0.05, 0) is 46.8 Å². The first-order valence-corrected chi connectivity index (χ1v) is 10.6. The zero-order valence-electron chi connectivity index (χ0n) is 13.9. The molecule has 136 valence electrons. The first kappa shape index (κ1) is 17.4. The quantitative estimate of drug-likeness (QED) is 0.734. The lowest BCUT2D eigenvalue weighted by molar-refractivity contribution is 0.172. The van der Waals surface area contributed by atoms with Gasteiger partial charge in [-0.2, -0.15) is 8.42 Å². The Morgan fingerprint density at radius 3 is 2.58 bits per heavy atom. The topological polar surface area (TPSA) is 84.8 Å². The zero-order valence-corrected chi connectivity index (χ0v) is 16.3. The SMILES string of the molecule is O=S1(=O)N=C(N2CCC(COc3ncc(Br)cn3)CC2)c2ccccc21. The highest BCUT2D eigenvalue weighted by Gasteiger charge is 2.33. The van der Waals surface area contributed by atoms with Crippen LogP contribution in [0.5, 0.6) is 6.01 Å². The first-order valence-electron chi connectivity index (χ1n) is 8.32. The summed E-state index contributed by atoms with van der Waals surface area (Å²) < 4.78 is 34.9. The minimum Gasteiger partial charge on any atom is -0.463 e. The Morgan fingerprint density at radius 2 is 1.85 bits per heavy atom. The number of hydrogen-bond acceptors (Lipinski definition) is 6. The number of hydrogen-bond donors (Lipinski definition) is 0. The Bertz CT molecular complexity index is 939. The van der Waals surface area contributed by atoms with Gasteiger partial charge in [-0.1, -0.05) is 12.1 Å². The summed E-state index contributed by atoms with van der Waals surface area (Å²) in [6.07, 6.45) is 5.11. The van der Waals surface area contributed by atoms with E-state index in [0.29, 0.717) is 34.8 Å². The molecule has 2 aromatic rings. The molecule has 4 rings (SSSR count). The number of aromatic nitrogens is 2. The molecule has 1 aromatic heterocycles. The molecule has 1 aromatic carbocycles. The Kier molecular flexibility index (Phi) is 4.66. The molecule has 0 bridgehead atoms. The van der Waals surface area contributed by atoms with E-state index in [1.807, 2.05) is 12.1 Å². The number of likely N-dealkylation sites (tertiary alicyclic amines) is 1. The molecule has 0 saturated carbocycles. The number of rotatable bonds is 3. The molecule has 7 nitrogen and oxygen atoms in total. The molecule has 2 aliphatic heterocycles. The van der Waals surface area contributed by atoms with E-state index in [9.17, 15) is 8.42 Å². The first-order chi connectivity index (χ1) is 12.5. The molecule has 0 amide bonds. The Balaban J connectivity index is 1.38. The number of nitrogens with zero attached hydrogens (tertiary/aromatic N) is 4. The van der Waals surface area contributed by atoms with Crippen molar-refractivity contribution in [2.75, 3.05) is 19.7 Å². The molecule has 2 aliphatic rings. The molecule has 0 atom stereocenters. The van der Waals surface area contributed by atoms with Gasteiger partial charge in [-0.25, -0.2) is 9.97 Å². The monoisotopic (exact) mass is 436 g/mol. The van der Waals surface area contributed by atoms with Crippen molar-refractivity contribution in [2.24, 2.45) is 10.3 Å². The van der Waals surface area contributed by atoms with Crippen LogP contribution in [0.25, 0.3) is 0 Å². The number of ether oxygens (including phenoxy) is 1. The van der Waals surface area contributed by atoms with E-state index in [2.05, 4.69) is 35.2 Å². The zero-order chi connectivity index (χ0) is 18.1. The molecule has 1 fully saturated rings. The lowest BCUT2D eigenvalue weighted by atomic mass is 9.97. The number of amidine groups is 1. The standard InChI is InChI=1S/C17H17BrN4O3S/c18-13-9-19-17(20-10-13)25-11-12-5-7-22(8-6-12)16-14-3-1-2-4-15(14)26(23,24)21-16/h1-4,9-10,12H,5-8,11H2. The van der Waals surface area contributed by atoms with Crippen molar-refractivity contribution in [3.05, 3.63) is 46.7 Å². The molecule has 3 heterocycles. The van der Waals surface area contributed by atoms with Crippen molar-refractivity contribution in [1.29, 1.82) is 0 Å². The van der Waals surface area contributed by atoms with E-state index in [4.69, 9.17) is 4.74 Å². The van der Waals surface area contributed by atoms with Gasteiger partial charge in [0, 0.05) is 31.0 Å². The van der Waals surface area contributed by atoms with Crippen LogP contribution >= 0.6 is 15.9 Å². The van der Waals surface area contributed by atoms with Crippen LogP contribution in [0.15, 0.2) is 50.4 Å². The highest BCUT2D eigenvalue weighted by molar-refractivity contribution is 9.10. The van der Waals surface area contributed by atoms with Gasteiger partial charge in [-0.15, -0.1) is 4.40 Å². The van der Waals surface area contributed by atoms with Crippen molar-refractivity contribution in [3.8, 4) is 6.01 Å². The van der Waals surface area contributed by atoms with Gasteiger partial charge in [0.15, 0.2) is 5.84 Å². The maximum Gasteiger partial charge on any atom is 0.316 e. The van der Waals surface area contributed by atoms with Gasteiger partial charge >= 0.3 is 6.01 Å². The van der Waals surface area contributed by atoms with Crippen LogP contribution in [-0.2, 0) is 10.0 Å². The number of halogens is 1. The summed E-state index contributed by atoms with van der Waals surface area (Å²) in [5.41, 5.74) is 0.700.